The van der Waals surface area contributed by atoms with E-state index < -0.39 is 0 Å². The molecule has 7 nitrogen and oxygen atoms in total. The van der Waals surface area contributed by atoms with E-state index in [0.717, 1.165) is 41.7 Å². The minimum Gasteiger partial charge on any atom is -0.497 e. The first-order chi connectivity index (χ1) is 13.8. The van der Waals surface area contributed by atoms with Crippen LogP contribution in [0.2, 0.25) is 0 Å². The van der Waals surface area contributed by atoms with Crippen LogP contribution >= 0.6 is 0 Å². The average molecular weight is 375 g/mol. The zero-order chi connectivity index (χ0) is 18.9. The summed E-state index contributed by atoms with van der Waals surface area (Å²) < 4.78 is 13.1. The Bertz CT molecular complexity index is 1050. The van der Waals surface area contributed by atoms with Gasteiger partial charge in [0.05, 0.1) is 31.9 Å². The van der Waals surface area contributed by atoms with Gasteiger partial charge in [-0.2, -0.15) is 0 Å². The molecule has 3 aromatic heterocycles. The number of H-pyrrole nitrogens is 1. The first-order valence-electron chi connectivity index (χ1n) is 9.30. The molecule has 1 N–H and O–H groups in total. The van der Waals surface area contributed by atoms with Gasteiger partial charge < -0.3 is 18.7 Å². The van der Waals surface area contributed by atoms with E-state index in [2.05, 4.69) is 24.4 Å². The van der Waals surface area contributed by atoms with Gasteiger partial charge >= 0.3 is 0 Å². The van der Waals surface area contributed by atoms with Crippen LogP contribution in [0.4, 0.5) is 0 Å². The molecule has 142 valence electrons. The number of fused-ring (bicyclic) bond motifs is 1. The van der Waals surface area contributed by atoms with Crippen LogP contribution in [0.25, 0.3) is 5.69 Å². The SMILES string of the molecule is COc1ccc(-n2ccnc2CN2CCc3[nH]cnc3[C@@H]2c2ccco2)cc1. The van der Waals surface area contributed by atoms with Gasteiger partial charge in [0.1, 0.15) is 23.4 Å². The highest BCUT2D eigenvalue weighted by atomic mass is 16.5. The zero-order valence-corrected chi connectivity index (χ0v) is 15.6. The number of furan rings is 1. The fraction of sp³-hybridized carbons (Fsp3) is 0.238. The van der Waals surface area contributed by atoms with E-state index in [1.54, 1.807) is 19.7 Å². The molecule has 4 aromatic rings. The Morgan fingerprint density at radius 2 is 2.11 bits per heavy atom. The molecule has 0 amide bonds. The fourth-order valence-electron chi connectivity index (χ4n) is 3.87. The third-order valence-electron chi connectivity index (χ3n) is 5.25. The molecule has 4 heterocycles. The van der Waals surface area contributed by atoms with Crippen LogP contribution in [0.3, 0.4) is 0 Å². The number of hydrogen-bond acceptors (Lipinski definition) is 5. The normalized spacial score (nSPS) is 16.8. The Labute approximate surface area is 162 Å². The van der Waals surface area contributed by atoms with Crippen molar-refractivity contribution in [3.63, 3.8) is 0 Å². The molecule has 0 unspecified atom stereocenters. The molecule has 0 bridgehead atoms. The van der Waals surface area contributed by atoms with Crippen LogP contribution in [0.5, 0.6) is 5.75 Å². The molecule has 0 saturated heterocycles. The van der Waals surface area contributed by atoms with Gasteiger partial charge in [-0.15, -0.1) is 0 Å². The second-order valence-corrected chi connectivity index (χ2v) is 6.82. The molecule has 5 rings (SSSR count). The van der Waals surface area contributed by atoms with Gasteiger partial charge in [0.15, 0.2) is 0 Å². The molecule has 0 saturated carbocycles. The number of nitrogens with one attached hydrogen (secondary N) is 1. The summed E-state index contributed by atoms with van der Waals surface area (Å²) in [6, 6.07) is 11.9. The molecule has 0 spiro atoms. The van der Waals surface area contributed by atoms with Gasteiger partial charge in [-0.3, -0.25) is 4.90 Å². The number of aromatic amines is 1. The van der Waals surface area contributed by atoms with Gasteiger partial charge in [-0.05, 0) is 36.4 Å². The Morgan fingerprint density at radius 3 is 2.89 bits per heavy atom. The van der Waals surface area contributed by atoms with Crippen molar-refractivity contribution in [2.24, 2.45) is 0 Å². The van der Waals surface area contributed by atoms with E-state index in [0.29, 0.717) is 6.54 Å². The van der Waals surface area contributed by atoms with Crippen LogP contribution in [0, 0.1) is 0 Å². The van der Waals surface area contributed by atoms with Crippen molar-refractivity contribution in [3.8, 4) is 11.4 Å². The second kappa shape index (κ2) is 7.01. The second-order valence-electron chi connectivity index (χ2n) is 6.82. The monoisotopic (exact) mass is 375 g/mol. The van der Waals surface area contributed by atoms with Gasteiger partial charge in [0.25, 0.3) is 0 Å². The van der Waals surface area contributed by atoms with Crippen LogP contribution in [0.15, 0.2) is 65.8 Å². The lowest BCUT2D eigenvalue weighted by Gasteiger charge is -2.33. The van der Waals surface area contributed by atoms with E-state index in [-0.39, 0.29) is 6.04 Å². The van der Waals surface area contributed by atoms with Gasteiger partial charge in [0.2, 0.25) is 0 Å². The van der Waals surface area contributed by atoms with Crippen LogP contribution < -0.4 is 4.74 Å². The van der Waals surface area contributed by atoms with Crippen molar-refractivity contribution in [1.29, 1.82) is 0 Å². The summed E-state index contributed by atoms with van der Waals surface area (Å²) in [7, 11) is 1.67. The molecule has 0 aliphatic carbocycles. The number of nitrogens with zero attached hydrogens (tertiary/aromatic N) is 4. The van der Waals surface area contributed by atoms with Gasteiger partial charge in [-0.25, -0.2) is 9.97 Å². The lowest BCUT2D eigenvalue weighted by Crippen LogP contribution is -2.36. The highest BCUT2D eigenvalue weighted by molar-refractivity contribution is 5.38. The predicted molar refractivity (Wildman–Crippen MR) is 103 cm³/mol. The van der Waals surface area contributed by atoms with Crippen LogP contribution in [-0.4, -0.2) is 38.1 Å². The molecule has 1 aliphatic rings. The maximum Gasteiger partial charge on any atom is 0.127 e. The Morgan fingerprint density at radius 1 is 1.21 bits per heavy atom. The van der Waals surface area contributed by atoms with E-state index in [9.17, 15) is 0 Å². The average Bonchev–Trinajstić information content (AvgIpc) is 3.49. The summed E-state index contributed by atoms with van der Waals surface area (Å²) in [5, 5.41) is 0. The van der Waals surface area contributed by atoms with E-state index >= 15 is 0 Å². The Hall–Kier alpha value is -3.32. The van der Waals surface area contributed by atoms with Crippen LogP contribution in [-0.2, 0) is 13.0 Å². The highest BCUT2D eigenvalue weighted by Crippen LogP contribution is 2.34. The number of methoxy groups -OCH3 is 1. The maximum atomic E-state index is 5.75. The maximum absolute atomic E-state index is 5.75. The Kier molecular flexibility index (Phi) is 4.21. The summed E-state index contributed by atoms with van der Waals surface area (Å²) in [5.41, 5.74) is 3.26. The number of imidazole rings is 2. The van der Waals surface area contributed by atoms with Crippen molar-refractivity contribution >= 4 is 0 Å². The van der Waals surface area contributed by atoms with Gasteiger partial charge in [0, 0.05) is 36.7 Å². The largest absolute Gasteiger partial charge is 0.497 e. The molecule has 0 fully saturated rings. The summed E-state index contributed by atoms with van der Waals surface area (Å²) in [6.45, 7) is 1.59. The third-order valence-corrected chi connectivity index (χ3v) is 5.25. The topological polar surface area (TPSA) is 72.1 Å². The molecule has 7 heteroatoms. The molecule has 1 aromatic carbocycles. The summed E-state index contributed by atoms with van der Waals surface area (Å²) in [5.74, 6) is 2.71. The lowest BCUT2D eigenvalue weighted by atomic mass is 10.0. The van der Waals surface area contributed by atoms with Gasteiger partial charge in [-0.1, -0.05) is 0 Å². The van der Waals surface area contributed by atoms with E-state index in [1.165, 1.54) is 5.69 Å². The van der Waals surface area contributed by atoms with E-state index in [4.69, 9.17) is 9.15 Å². The minimum atomic E-state index is -0.0222. The molecule has 0 radical (unpaired) electrons. The van der Waals surface area contributed by atoms with Crippen molar-refractivity contribution in [1.82, 2.24) is 24.4 Å². The predicted octanol–water partition coefficient (Wildman–Crippen LogP) is 3.34. The Balaban J connectivity index is 1.47. The minimum absolute atomic E-state index is 0.0222. The number of benzene rings is 1. The molecular weight excluding hydrogens is 354 g/mol. The summed E-state index contributed by atoms with van der Waals surface area (Å²) in [4.78, 5) is 14.8. The lowest BCUT2D eigenvalue weighted by molar-refractivity contribution is 0.174. The first kappa shape index (κ1) is 16.8. The van der Waals surface area contributed by atoms with Crippen molar-refractivity contribution in [3.05, 3.63) is 84.4 Å². The van der Waals surface area contributed by atoms with Crippen LogP contribution in [0.1, 0.15) is 29.0 Å². The molecule has 1 aliphatic heterocycles. The number of rotatable bonds is 5. The van der Waals surface area contributed by atoms with Crippen molar-refractivity contribution in [2.75, 3.05) is 13.7 Å². The summed E-state index contributed by atoms with van der Waals surface area (Å²) >= 11 is 0. The summed E-state index contributed by atoms with van der Waals surface area (Å²) in [6.07, 6.45) is 8.24. The quantitative estimate of drug-likeness (QED) is 0.579. The number of ether oxygens (including phenoxy) is 1. The van der Waals surface area contributed by atoms with Crippen molar-refractivity contribution in [2.45, 2.75) is 19.0 Å². The highest BCUT2D eigenvalue weighted by Gasteiger charge is 2.33. The molecule has 1 atom stereocenters. The standard InChI is InChI=1S/C21H21N5O2/c1-27-16-6-4-15(5-7-16)26-11-9-22-19(26)13-25-10-8-17-20(24-14-23-17)21(25)18-3-2-12-28-18/h2-7,9,11-12,14,21H,8,10,13H2,1H3,(H,23,24)/t21-/m0/s1. The smallest absolute Gasteiger partial charge is 0.127 e. The molecular formula is C21H21N5O2. The van der Waals surface area contributed by atoms with Crippen molar-refractivity contribution < 1.29 is 9.15 Å². The zero-order valence-electron chi connectivity index (χ0n) is 15.6. The fourth-order valence-corrected chi connectivity index (χ4v) is 3.87. The number of hydrogen-bond donors (Lipinski definition) is 1. The number of aromatic nitrogens is 4. The third kappa shape index (κ3) is 2.90. The molecule has 28 heavy (non-hydrogen) atoms. The van der Waals surface area contributed by atoms with E-state index in [1.807, 2.05) is 48.8 Å². The first-order valence-corrected chi connectivity index (χ1v) is 9.30.